The van der Waals surface area contributed by atoms with Gasteiger partial charge in [0.05, 0.1) is 33.5 Å². The Labute approximate surface area is 405 Å². The minimum Gasteiger partial charge on any atom is -0.309 e. The molecule has 14 rings (SSSR count). The van der Waals surface area contributed by atoms with Crippen molar-refractivity contribution >= 4 is 65.2 Å². The number of aromatic nitrogens is 3. The van der Waals surface area contributed by atoms with Crippen LogP contribution in [0.15, 0.2) is 261 Å². The van der Waals surface area contributed by atoms with Crippen LogP contribution in [-0.4, -0.2) is 14.1 Å². The summed E-state index contributed by atoms with van der Waals surface area (Å²) in [5.74, 6) is 0. The first-order valence-electron chi connectivity index (χ1n) is 24.0. The molecule has 0 unspecified atom stereocenters. The van der Waals surface area contributed by atoms with E-state index >= 15 is 0 Å². The van der Waals surface area contributed by atoms with Crippen LogP contribution in [0.2, 0.25) is 0 Å². The zero-order chi connectivity index (χ0) is 46.1. The van der Waals surface area contributed by atoms with Gasteiger partial charge in [0, 0.05) is 44.0 Å². The molecule has 0 saturated carbocycles. The molecule has 14 aromatic rings. The Bertz CT molecular complexity index is 4330. The molecular weight excluding hydrogens is 847 g/mol. The number of para-hydroxylation sites is 3. The van der Waals surface area contributed by atoms with Crippen LogP contribution in [0.5, 0.6) is 0 Å². The fraction of sp³-hybridized carbons (Fsp3) is 0. The van der Waals surface area contributed by atoms with Crippen LogP contribution in [-0.2, 0) is 0 Å². The van der Waals surface area contributed by atoms with Crippen LogP contribution in [0, 0.1) is 0 Å². The molecule has 326 valence electrons. The van der Waals surface area contributed by atoms with Gasteiger partial charge in [-0.1, -0.05) is 182 Å². The van der Waals surface area contributed by atoms with Gasteiger partial charge in [0.2, 0.25) is 0 Å². The fourth-order valence-corrected chi connectivity index (χ4v) is 11.0. The number of rotatable bonds is 7. The molecular formula is C67H43N3. The lowest BCUT2D eigenvalue weighted by molar-refractivity contribution is 1.18. The lowest BCUT2D eigenvalue weighted by atomic mass is 9.91. The maximum atomic E-state index is 5.68. The number of nitrogens with zero attached hydrogens (tertiary/aromatic N) is 3. The molecule has 0 saturated heterocycles. The van der Waals surface area contributed by atoms with Gasteiger partial charge in [-0.25, -0.2) is 4.98 Å². The molecule has 3 heteroatoms. The molecule has 0 amide bonds. The van der Waals surface area contributed by atoms with E-state index in [-0.39, 0.29) is 0 Å². The SMILES string of the molecule is c1ccc(-c2cc(-c3cc(-c4cc5ccccc5c5ccccc45)cc(-n4c5ccccc5c5ccc(-c6ccccc6)cc54)c3)nc(-c3ccc4c(c3)c3ccccc3n4-c3ccccc3)c2)cc1. The molecule has 0 aliphatic rings. The monoisotopic (exact) mass is 889 g/mol. The fourth-order valence-electron chi connectivity index (χ4n) is 11.0. The van der Waals surface area contributed by atoms with Gasteiger partial charge >= 0.3 is 0 Å². The zero-order valence-corrected chi connectivity index (χ0v) is 38.2. The third kappa shape index (κ3) is 6.55. The predicted octanol–water partition coefficient (Wildman–Crippen LogP) is 17.9. The number of fused-ring (bicyclic) bond motifs is 9. The van der Waals surface area contributed by atoms with E-state index in [0.29, 0.717) is 0 Å². The molecule has 11 aromatic carbocycles. The normalized spacial score (nSPS) is 11.7. The number of pyridine rings is 1. The van der Waals surface area contributed by atoms with E-state index in [0.717, 1.165) is 67.1 Å². The summed E-state index contributed by atoms with van der Waals surface area (Å²) in [6.45, 7) is 0. The van der Waals surface area contributed by atoms with Crippen LogP contribution >= 0.6 is 0 Å². The average molecular weight is 890 g/mol. The summed E-state index contributed by atoms with van der Waals surface area (Å²) in [6.07, 6.45) is 0. The van der Waals surface area contributed by atoms with Crippen molar-refractivity contribution in [2.75, 3.05) is 0 Å². The highest BCUT2D eigenvalue weighted by molar-refractivity contribution is 6.15. The lowest BCUT2D eigenvalue weighted by Gasteiger charge is -2.17. The van der Waals surface area contributed by atoms with E-state index in [9.17, 15) is 0 Å². The first kappa shape index (κ1) is 39.8. The van der Waals surface area contributed by atoms with Crippen LogP contribution in [0.4, 0.5) is 0 Å². The van der Waals surface area contributed by atoms with Gasteiger partial charge in [0.1, 0.15) is 0 Å². The summed E-state index contributed by atoms with van der Waals surface area (Å²) in [5, 5.41) is 9.76. The second-order valence-corrected chi connectivity index (χ2v) is 18.3. The number of hydrogen-bond acceptors (Lipinski definition) is 1. The van der Waals surface area contributed by atoms with Crippen molar-refractivity contribution in [2.24, 2.45) is 0 Å². The van der Waals surface area contributed by atoms with E-state index in [4.69, 9.17) is 4.98 Å². The molecule has 0 aliphatic heterocycles. The van der Waals surface area contributed by atoms with Gasteiger partial charge in [-0.05, 0) is 134 Å². The predicted molar refractivity (Wildman–Crippen MR) is 295 cm³/mol. The Kier molecular flexibility index (Phi) is 9.21. The van der Waals surface area contributed by atoms with Gasteiger partial charge in [-0.2, -0.15) is 0 Å². The van der Waals surface area contributed by atoms with Crippen molar-refractivity contribution in [1.82, 2.24) is 14.1 Å². The topological polar surface area (TPSA) is 22.8 Å². The summed E-state index contributed by atoms with van der Waals surface area (Å²) in [5.41, 5.74) is 17.7. The van der Waals surface area contributed by atoms with Crippen molar-refractivity contribution in [3.05, 3.63) is 261 Å². The third-order valence-corrected chi connectivity index (χ3v) is 14.2. The van der Waals surface area contributed by atoms with Crippen LogP contribution in [0.3, 0.4) is 0 Å². The number of benzene rings is 11. The molecule has 0 spiro atoms. The van der Waals surface area contributed by atoms with E-state index in [1.165, 1.54) is 65.3 Å². The molecule has 0 radical (unpaired) electrons. The highest BCUT2D eigenvalue weighted by Gasteiger charge is 2.20. The summed E-state index contributed by atoms with van der Waals surface area (Å²) in [4.78, 5) is 5.68. The molecule has 3 nitrogen and oxygen atoms in total. The smallest absolute Gasteiger partial charge is 0.0716 e. The first-order chi connectivity index (χ1) is 34.7. The lowest BCUT2D eigenvalue weighted by Crippen LogP contribution is -1.98. The van der Waals surface area contributed by atoms with Gasteiger partial charge in [0.15, 0.2) is 0 Å². The minimum absolute atomic E-state index is 0.905. The molecule has 0 fully saturated rings. The molecule has 0 bridgehead atoms. The molecule has 70 heavy (non-hydrogen) atoms. The summed E-state index contributed by atoms with van der Waals surface area (Å²) < 4.78 is 4.83. The molecule has 3 aromatic heterocycles. The average Bonchev–Trinajstić information content (AvgIpc) is 3.95. The van der Waals surface area contributed by atoms with Gasteiger partial charge in [0.25, 0.3) is 0 Å². The summed E-state index contributed by atoms with van der Waals surface area (Å²) in [6, 6.07) is 95.0. The Balaban J connectivity index is 1.05. The van der Waals surface area contributed by atoms with Crippen molar-refractivity contribution in [1.29, 1.82) is 0 Å². The van der Waals surface area contributed by atoms with Crippen LogP contribution < -0.4 is 0 Å². The first-order valence-corrected chi connectivity index (χ1v) is 24.0. The largest absolute Gasteiger partial charge is 0.309 e. The highest BCUT2D eigenvalue weighted by atomic mass is 15.0. The van der Waals surface area contributed by atoms with Crippen molar-refractivity contribution in [3.63, 3.8) is 0 Å². The second kappa shape index (κ2) is 16.2. The van der Waals surface area contributed by atoms with Crippen LogP contribution in [0.25, 0.3) is 132 Å². The van der Waals surface area contributed by atoms with E-state index < -0.39 is 0 Å². The summed E-state index contributed by atoms with van der Waals surface area (Å²) in [7, 11) is 0. The van der Waals surface area contributed by atoms with Crippen molar-refractivity contribution in [3.8, 4) is 67.3 Å². The molecule has 0 aliphatic carbocycles. The summed E-state index contributed by atoms with van der Waals surface area (Å²) >= 11 is 0. The van der Waals surface area contributed by atoms with E-state index in [1.54, 1.807) is 0 Å². The van der Waals surface area contributed by atoms with Gasteiger partial charge in [-0.15, -0.1) is 0 Å². The number of hydrogen-bond donors (Lipinski definition) is 0. The standard InChI is InChI=1S/C67H43N3/c1-4-18-44(19-5-1)46-32-34-59-57-28-14-16-30-64(57)70(67(59)43-46)53-37-50(60-39-47-22-10-11-25-54(47)55-26-12-13-27-56(55)60)36-51(38-53)63-42-49(45-20-6-2-7-21-45)41-62(68-63)48-33-35-66-61(40-48)58-29-15-17-31-65(58)69(66)52-23-8-3-9-24-52/h1-43H. The zero-order valence-electron chi connectivity index (χ0n) is 38.2. The molecule has 0 N–H and O–H groups in total. The molecule has 0 atom stereocenters. The quantitative estimate of drug-likeness (QED) is 0.146. The maximum absolute atomic E-state index is 5.68. The Morgan fingerprint density at radius 3 is 1.47 bits per heavy atom. The van der Waals surface area contributed by atoms with Crippen molar-refractivity contribution in [2.45, 2.75) is 0 Å². The Morgan fingerprint density at radius 2 is 0.743 bits per heavy atom. The maximum Gasteiger partial charge on any atom is 0.0716 e. The van der Waals surface area contributed by atoms with E-state index in [1.807, 2.05) is 0 Å². The highest BCUT2D eigenvalue weighted by Crippen LogP contribution is 2.42. The minimum atomic E-state index is 0.905. The Hall–Kier alpha value is -9.31. The van der Waals surface area contributed by atoms with Crippen molar-refractivity contribution < 1.29 is 0 Å². The third-order valence-electron chi connectivity index (χ3n) is 14.2. The van der Waals surface area contributed by atoms with Gasteiger partial charge < -0.3 is 9.13 Å². The van der Waals surface area contributed by atoms with Gasteiger partial charge in [-0.3, -0.25) is 0 Å². The molecule has 3 heterocycles. The Morgan fingerprint density at radius 1 is 0.229 bits per heavy atom. The van der Waals surface area contributed by atoms with Crippen LogP contribution in [0.1, 0.15) is 0 Å². The second-order valence-electron chi connectivity index (χ2n) is 18.3. The van der Waals surface area contributed by atoms with E-state index in [2.05, 4.69) is 270 Å².